The number of anilines is 1. The monoisotopic (exact) mass is 256 g/mol. The molecule has 17 heavy (non-hydrogen) atoms. The lowest BCUT2D eigenvalue weighted by molar-refractivity contribution is -0.116. The molecular weight excluding hydrogens is 240 g/mol. The van der Waals surface area contributed by atoms with Gasteiger partial charge in [0, 0.05) is 17.8 Å². The SMILES string of the molecule is Cc1cc(C(=O)O)c(NC(=O)CCN(C)C)s1. The van der Waals surface area contributed by atoms with E-state index in [2.05, 4.69) is 5.32 Å². The molecule has 0 saturated heterocycles. The molecule has 1 aromatic rings. The van der Waals surface area contributed by atoms with Crippen molar-refractivity contribution in [3.63, 3.8) is 0 Å². The van der Waals surface area contributed by atoms with Gasteiger partial charge in [0.15, 0.2) is 0 Å². The number of hydrogen-bond acceptors (Lipinski definition) is 4. The molecule has 0 radical (unpaired) electrons. The maximum atomic E-state index is 11.6. The first-order chi connectivity index (χ1) is 7.90. The number of nitrogens with one attached hydrogen (secondary N) is 1. The lowest BCUT2D eigenvalue weighted by Crippen LogP contribution is -2.21. The van der Waals surface area contributed by atoms with Gasteiger partial charge in [-0.05, 0) is 27.1 Å². The predicted molar refractivity (Wildman–Crippen MR) is 67.8 cm³/mol. The van der Waals surface area contributed by atoms with Crippen LogP contribution in [0.1, 0.15) is 21.7 Å². The highest BCUT2D eigenvalue weighted by molar-refractivity contribution is 7.16. The minimum atomic E-state index is -1.02. The van der Waals surface area contributed by atoms with E-state index in [1.807, 2.05) is 25.9 Å². The van der Waals surface area contributed by atoms with E-state index in [4.69, 9.17) is 5.11 Å². The molecule has 6 heteroatoms. The Morgan fingerprint density at radius 2 is 2.12 bits per heavy atom. The number of carbonyl (C=O) groups excluding carboxylic acids is 1. The highest BCUT2D eigenvalue weighted by Gasteiger charge is 2.15. The molecule has 1 amide bonds. The summed E-state index contributed by atoms with van der Waals surface area (Å²) in [5.41, 5.74) is 0.158. The fraction of sp³-hybridized carbons (Fsp3) is 0.455. The van der Waals surface area contributed by atoms with E-state index in [0.29, 0.717) is 18.0 Å². The van der Waals surface area contributed by atoms with E-state index in [1.54, 1.807) is 6.07 Å². The highest BCUT2D eigenvalue weighted by Crippen LogP contribution is 2.27. The number of rotatable bonds is 5. The Morgan fingerprint density at radius 3 is 2.65 bits per heavy atom. The summed E-state index contributed by atoms with van der Waals surface area (Å²) >= 11 is 1.28. The smallest absolute Gasteiger partial charge is 0.338 e. The van der Waals surface area contributed by atoms with Crippen LogP contribution >= 0.6 is 11.3 Å². The van der Waals surface area contributed by atoms with E-state index in [9.17, 15) is 9.59 Å². The van der Waals surface area contributed by atoms with Crippen LogP contribution in [0.3, 0.4) is 0 Å². The standard InChI is InChI=1S/C11H16N2O3S/c1-7-6-8(11(15)16)10(17-7)12-9(14)4-5-13(2)3/h6H,4-5H2,1-3H3,(H,12,14)(H,15,16). The number of carboxylic acids is 1. The van der Waals surface area contributed by atoms with E-state index < -0.39 is 5.97 Å². The number of carboxylic acid groups (broad SMARTS) is 1. The lowest BCUT2D eigenvalue weighted by atomic mass is 10.3. The topological polar surface area (TPSA) is 69.6 Å². The first-order valence-electron chi connectivity index (χ1n) is 5.18. The van der Waals surface area contributed by atoms with Crippen molar-refractivity contribution >= 4 is 28.2 Å². The Kier molecular flexibility index (Phi) is 4.65. The van der Waals surface area contributed by atoms with Crippen LogP contribution in [0.25, 0.3) is 0 Å². The number of amides is 1. The molecule has 0 aliphatic carbocycles. The maximum absolute atomic E-state index is 11.6. The number of hydrogen-bond donors (Lipinski definition) is 2. The van der Waals surface area contributed by atoms with E-state index in [0.717, 1.165) is 4.88 Å². The van der Waals surface area contributed by atoms with Crippen molar-refractivity contribution in [1.29, 1.82) is 0 Å². The molecule has 0 unspecified atom stereocenters. The fourth-order valence-corrected chi connectivity index (χ4v) is 2.20. The quantitative estimate of drug-likeness (QED) is 0.840. The molecule has 0 fully saturated rings. The molecule has 0 aliphatic rings. The van der Waals surface area contributed by atoms with Gasteiger partial charge in [-0.25, -0.2) is 4.79 Å². The second-order valence-electron chi connectivity index (χ2n) is 4.01. The van der Waals surface area contributed by atoms with Crippen molar-refractivity contribution in [2.75, 3.05) is 26.0 Å². The van der Waals surface area contributed by atoms with Crippen molar-refractivity contribution in [3.05, 3.63) is 16.5 Å². The van der Waals surface area contributed by atoms with Crippen molar-refractivity contribution < 1.29 is 14.7 Å². The zero-order chi connectivity index (χ0) is 13.0. The van der Waals surface area contributed by atoms with Crippen LogP contribution in [0.15, 0.2) is 6.07 Å². The summed E-state index contributed by atoms with van der Waals surface area (Å²) in [6.07, 6.45) is 0.350. The second kappa shape index (κ2) is 5.79. The lowest BCUT2D eigenvalue weighted by Gasteiger charge is -2.09. The average Bonchev–Trinajstić information content (AvgIpc) is 2.56. The largest absolute Gasteiger partial charge is 0.478 e. The molecule has 1 heterocycles. The summed E-state index contributed by atoms with van der Waals surface area (Å²) in [4.78, 5) is 25.3. The number of thiophene rings is 1. The van der Waals surface area contributed by atoms with Gasteiger partial charge >= 0.3 is 5.97 Å². The molecule has 0 aromatic carbocycles. The highest BCUT2D eigenvalue weighted by atomic mass is 32.1. The van der Waals surface area contributed by atoms with Crippen molar-refractivity contribution in [3.8, 4) is 0 Å². The van der Waals surface area contributed by atoms with Gasteiger partial charge in [-0.3, -0.25) is 4.79 Å². The number of aryl methyl sites for hydroxylation is 1. The summed E-state index contributed by atoms with van der Waals surface area (Å²) in [7, 11) is 3.76. The molecule has 2 N–H and O–H groups in total. The molecule has 0 bridgehead atoms. The molecule has 94 valence electrons. The Bertz CT molecular complexity index is 426. The molecule has 0 spiro atoms. The fourth-order valence-electron chi connectivity index (χ4n) is 1.28. The molecular formula is C11H16N2O3S. The molecule has 1 aromatic heterocycles. The summed E-state index contributed by atoms with van der Waals surface area (Å²) in [6.45, 7) is 2.45. The zero-order valence-corrected chi connectivity index (χ0v) is 10.9. The average molecular weight is 256 g/mol. The molecule has 0 aliphatic heterocycles. The first kappa shape index (κ1) is 13.7. The van der Waals surface area contributed by atoms with Crippen LogP contribution < -0.4 is 5.32 Å². The molecule has 5 nitrogen and oxygen atoms in total. The van der Waals surface area contributed by atoms with Crippen molar-refractivity contribution in [1.82, 2.24) is 4.90 Å². The van der Waals surface area contributed by atoms with Gasteiger partial charge in [0.05, 0.1) is 5.56 Å². The molecule has 0 atom stereocenters. The van der Waals surface area contributed by atoms with Crippen molar-refractivity contribution in [2.24, 2.45) is 0 Å². The second-order valence-corrected chi connectivity index (χ2v) is 5.26. The number of nitrogens with zero attached hydrogens (tertiary/aromatic N) is 1. The third-order valence-electron chi connectivity index (χ3n) is 2.12. The van der Waals surface area contributed by atoms with Crippen LogP contribution in [0.5, 0.6) is 0 Å². The number of aromatic carboxylic acids is 1. The molecule has 1 rings (SSSR count). The minimum absolute atomic E-state index is 0.158. The van der Waals surface area contributed by atoms with Gasteiger partial charge in [-0.2, -0.15) is 0 Å². The van der Waals surface area contributed by atoms with Crippen LogP contribution in [0.2, 0.25) is 0 Å². The van der Waals surface area contributed by atoms with Gasteiger partial charge < -0.3 is 15.3 Å². The zero-order valence-electron chi connectivity index (χ0n) is 10.1. The van der Waals surface area contributed by atoms with E-state index in [1.165, 1.54) is 11.3 Å². The Morgan fingerprint density at radius 1 is 1.47 bits per heavy atom. The summed E-state index contributed by atoms with van der Waals surface area (Å²) in [5, 5.41) is 12.0. The Labute approximate surface area is 104 Å². The van der Waals surface area contributed by atoms with Gasteiger partial charge in [-0.1, -0.05) is 0 Å². The van der Waals surface area contributed by atoms with Crippen LogP contribution in [-0.4, -0.2) is 42.5 Å². The van der Waals surface area contributed by atoms with Crippen LogP contribution in [-0.2, 0) is 4.79 Å². The van der Waals surface area contributed by atoms with Gasteiger partial charge in [-0.15, -0.1) is 11.3 Å². The third-order valence-corrected chi connectivity index (χ3v) is 3.09. The van der Waals surface area contributed by atoms with Crippen molar-refractivity contribution in [2.45, 2.75) is 13.3 Å². The maximum Gasteiger partial charge on any atom is 0.338 e. The van der Waals surface area contributed by atoms with E-state index in [-0.39, 0.29) is 11.5 Å². The van der Waals surface area contributed by atoms with Crippen LogP contribution in [0.4, 0.5) is 5.00 Å². The predicted octanol–water partition coefficient (Wildman–Crippen LogP) is 1.64. The van der Waals surface area contributed by atoms with Gasteiger partial charge in [0.1, 0.15) is 5.00 Å². The Hall–Kier alpha value is -1.40. The summed E-state index contributed by atoms with van der Waals surface area (Å²) < 4.78 is 0. The van der Waals surface area contributed by atoms with Gasteiger partial charge in [0.25, 0.3) is 0 Å². The van der Waals surface area contributed by atoms with Gasteiger partial charge in [0.2, 0.25) is 5.91 Å². The minimum Gasteiger partial charge on any atom is -0.478 e. The Balaban J connectivity index is 2.68. The summed E-state index contributed by atoms with van der Waals surface area (Å²) in [5.74, 6) is -1.18. The normalized spacial score (nSPS) is 10.6. The first-order valence-corrected chi connectivity index (χ1v) is 6.00. The van der Waals surface area contributed by atoms with E-state index >= 15 is 0 Å². The number of carbonyl (C=O) groups is 2. The van der Waals surface area contributed by atoms with Crippen LogP contribution in [0, 0.1) is 6.92 Å². The summed E-state index contributed by atoms with van der Waals surface area (Å²) in [6, 6.07) is 1.56. The molecule has 0 saturated carbocycles. The third kappa shape index (κ3) is 4.16.